The van der Waals surface area contributed by atoms with Gasteiger partial charge in [0.05, 0.1) is 30.2 Å². The monoisotopic (exact) mass is 372 g/mol. The molecule has 24 heavy (non-hydrogen) atoms. The zero-order chi connectivity index (χ0) is 18.2. The van der Waals surface area contributed by atoms with Crippen LogP contribution in [0.15, 0.2) is 23.1 Å². The Bertz CT molecular complexity index is 540. The number of hydrogen-bond donors (Lipinski definition) is 2. The number of alkyl halides is 5. The molecule has 0 aliphatic rings. The van der Waals surface area contributed by atoms with Crippen molar-refractivity contribution >= 4 is 23.4 Å². The third-order valence-electron chi connectivity index (χ3n) is 2.71. The van der Waals surface area contributed by atoms with Gasteiger partial charge in [-0.05, 0) is 18.2 Å². The lowest BCUT2D eigenvalue weighted by molar-refractivity contribution is -0.137. The van der Waals surface area contributed by atoms with Crippen LogP contribution in [-0.2, 0) is 15.7 Å². The van der Waals surface area contributed by atoms with Gasteiger partial charge in [-0.2, -0.15) is 13.2 Å². The first-order chi connectivity index (χ1) is 11.2. The summed E-state index contributed by atoms with van der Waals surface area (Å²) in [5, 5.41) is 5.05. The highest BCUT2D eigenvalue weighted by Crippen LogP contribution is 2.36. The first-order valence-electron chi connectivity index (χ1n) is 6.85. The number of amides is 1. The molecule has 10 heteroatoms. The fraction of sp³-hybridized carbons (Fsp3) is 0.500. The summed E-state index contributed by atoms with van der Waals surface area (Å²) >= 11 is 0.676. The molecule has 0 aliphatic heterocycles. The van der Waals surface area contributed by atoms with Gasteiger partial charge in [-0.15, -0.1) is 11.8 Å². The fourth-order valence-corrected chi connectivity index (χ4v) is 2.39. The van der Waals surface area contributed by atoms with Crippen LogP contribution in [0.5, 0.6) is 0 Å². The maximum atomic E-state index is 12.8. The van der Waals surface area contributed by atoms with Gasteiger partial charge in [0.25, 0.3) is 0 Å². The Morgan fingerprint density at radius 1 is 1.33 bits per heavy atom. The molecule has 1 aromatic rings. The predicted octanol–water partition coefficient (Wildman–Crippen LogP) is 3.24. The van der Waals surface area contributed by atoms with Gasteiger partial charge in [0.1, 0.15) is 0 Å². The molecule has 0 heterocycles. The molecule has 1 aromatic carbocycles. The number of ether oxygens (including phenoxy) is 1. The minimum Gasteiger partial charge on any atom is -0.383 e. The van der Waals surface area contributed by atoms with Crippen LogP contribution in [0.25, 0.3) is 0 Å². The summed E-state index contributed by atoms with van der Waals surface area (Å²) in [6.07, 6.45) is -7.21. The Balaban J connectivity index is 2.84. The number of halogens is 5. The van der Waals surface area contributed by atoms with Crippen LogP contribution < -0.4 is 10.6 Å². The maximum Gasteiger partial charge on any atom is 0.416 e. The van der Waals surface area contributed by atoms with E-state index in [1.165, 1.54) is 7.11 Å². The Morgan fingerprint density at radius 2 is 2.04 bits per heavy atom. The lowest BCUT2D eigenvalue weighted by atomic mass is 10.2. The molecule has 0 saturated heterocycles. The average Bonchev–Trinajstić information content (AvgIpc) is 2.49. The summed E-state index contributed by atoms with van der Waals surface area (Å²) in [7, 11) is 1.48. The number of thioether (sulfide) groups is 1. The summed E-state index contributed by atoms with van der Waals surface area (Å²) in [6, 6.07) is 2.60. The van der Waals surface area contributed by atoms with E-state index in [2.05, 4.69) is 10.6 Å². The minimum absolute atomic E-state index is 0.140. The second-order valence-electron chi connectivity index (χ2n) is 4.63. The van der Waals surface area contributed by atoms with E-state index in [-0.39, 0.29) is 17.1 Å². The zero-order valence-electron chi connectivity index (χ0n) is 12.8. The van der Waals surface area contributed by atoms with Gasteiger partial charge in [0.2, 0.25) is 12.3 Å². The number of carbonyl (C=O) groups excluding carboxylic acids is 1. The molecule has 136 valence electrons. The summed E-state index contributed by atoms with van der Waals surface area (Å²) < 4.78 is 67.7. The number of methoxy groups -OCH3 is 1. The zero-order valence-corrected chi connectivity index (χ0v) is 13.6. The molecule has 0 radical (unpaired) electrons. The minimum atomic E-state index is -4.60. The first-order valence-corrected chi connectivity index (χ1v) is 7.84. The van der Waals surface area contributed by atoms with Crippen molar-refractivity contribution in [2.45, 2.75) is 17.5 Å². The third-order valence-corrected chi connectivity index (χ3v) is 3.80. The highest BCUT2D eigenvalue weighted by atomic mass is 32.2. The number of hydrogen-bond acceptors (Lipinski definition) is 4. The van der Waals surface area contributed by atoms with Gasteiger partial charge in [-0.1, -0.05) is 0 Å². The van der Waals surface area contributed by atoms with Gasteiger partial charge in [0.15, 0.2) is 0 Å². The Morgan fingerprint density at radius 3 is 2.62 bits per heavy atom. The standard InChI is InChI=1S/C14H17F5N2O2S/c1-23-5-4-20-7-13(22)21-10-6-9(14(17,18)19)2-3-11(10)24-8-12(15)16/h2-3,6,12,20H,4-5,7-8H2,1H3,(H,21,22). The van der Waals surface area contributed by atoms with Crippen molar-refractivity contribution in [2.24, 2.45) is 0 Å². The molecule has 0 atom stereocenters. The third kappa shape index (κ3) is 7.45. The molecule has 1 rings (SSSR count). The average molecular weight is 372 g/mol. The molecule has 0 saturated carbocycles. The summed E-state index contributed by atoms with van der Waals surface area (Å²) in [6.45, 7) is 0.615. The van der Waals surface area contributed by atoms with Crippen molar-refractivity contribution < 1.29 is 31.5 Å². The van der Waals surface area contributed by atoms with Crippen molar-refractivity contribution in [2.75, 3.05) is 37.9 Å². The van der Waals surface area contributed by atoms with Crippen molar-refractivity contribution in [3.8, 4) is 0 Å². The maximum absolute atomic E-state index is 12.8. The second-order valence-corrected chi connectivity index (χ2v) is 5.69. The molecule has 0 aromatic heterocycles. The molecule has 0 fully saturated rings. The highest BCUT2D eigenvalue weighted by molar-refractivity contribution is 7.99. The van der Waals surface area contributed by atoms with Crippen LogP contribution in [0.2, 0.25) is 0 Å². The number of anilines is 1. The van der Waals surface area contributed by atoms with Crippen LogP contribution in [0, 0.1) is 0 Å². The summed E-state index contributed by atoms with van der Waals surface area (Å²) in [5.74, 6) is -1.16. The van der Waals surface area contributed by atoms with Crippen molar-refractivity contribution in [3.63, 3.8) is 0 Å². The number of benzene rings is 1. The Kier molecular flexibility index (Phi) is 8.43. The second kappa shape index (κ2) is 9.80. The normalized spacial score (nSPS) is 11.8. The van der Waals surface area contributed by atoms with Crippen LogP contribution in [0.4, 0.5) is 27.6 Å². The summed E-state index contributed by atoms with van der Waals surface area (Å²) in [4.78, 5) is 11.9. The SMILES string of the molecule is COCCNCC(=O)Nc1cc(C(F)(F)F)ccc1SCC(F)F. The number of carbonyl (C=O) groups is 1. The van der Waals surface area contributed by atoms with E-state index in [0.29, 0.717) is 24.9 Å². The van der Waals surface area contributed by atoms with Crippen molar-refractivity contribution in [1.29, 1.82) is 0 Å². The van der Waals surface area contributed by atoms with Crippen LogP contribution in [-0.4, -0.2) is 44.9 Å². The van der Waals surface area contributed by atoms with Gasteiger partial charge >= 0.3 is 6.18 Å². The molecule has 1 amide bonds. The molecule has 0 bridgehead atoms. The number of rotatable bonds is 9. The van der Waals surface area contributed by atoms with Gasteiger partial charge in [-0.3, -0.25) is 4.79 Å². The molecule has 2 N–H and O–H groups in total. The lowest BCUT2D eigenvalue weighted by Gasteiger charge is -2.14. The highest BCUT2D eigenvalue weighted by Gasteiger charge is 2.31. The van der Waals surface area contributed by atoms with Crippen LogP contribution >= 0.6 is 11.8 Å². The molecule has 0 aliphatic carbocycles. The van der Waals surface area contributed by atoms with Gasteiger partial charge in [-0.25, -0.2) is 8.78 Å². The Labute approximate surface area is 140 Å². The van der Waals surface area contributed by atoms with Crippen molar-refractivity contribution in [3.05, 3.63) is 23.8 Å². The van der Waals surface area contributed by atoms with E-state index in [4.69, 9.17) is 4.74 Å². The van der Waals surface area contributed by atoms with E-state index < -0.39 is 29.8 Å². The van der Waals surface area contributed by atoms with Crippen molar-refractivity contribution in [1.82, 2.24) is 5.32 Å². The van der Waals surface area contributed by atoms with E-state index >= 15 is 0 Å². The smallest absolute Gasteiger partial charge is 0.383 e. The Hall–Kier alpha value is -1.39. The van der Waals surface area contributed by atoms with E-state index in [1.54, 1.807) is 0 Å². The van der Waals surface area contributed by atoms with E-state index in [9.17, 15) is 26.7 Å². The predicted molar refractivity (Wildman–Crippen MR) is 81.5 cm³/mol. The molecule has 0 spiro atoms. The topological polar surface area (TPSA) is 50.4 Å². The molecule has 4 nitrogen and oxygen atoms in total. The van der Waals surface area contributed by atoms with E-state index in [0.717, 1.165) is 18.2 Å². The van der Waals surface area contributed by atoms with Crippen LogP contribution in [0.3, 0.4) is 0 Å². The fourth-order valence-electron chi connectivity index (χ4n) is 1.65. The van der Waals surface area contributed by atoms with Gasteiger partial charge in [0, 0.05) is 18.6 Å². The molecular formula is C14H17F5N2O2S. The number of nitrogens with one attached hydrogen (secondary N) is 2. The van der Waals surface area contributed by atoms with Crippen LogP contribution in [0.1, 0.15) is 5.56 Å². The largest absolute Gasteiger partial charge is 0.416 e. The first kappa shape index (κ1) is 20.7. The van der Waals surface area contributed by atoms with Gasteiger partial charge < -0.3 is 15.4 Å². The molecule has 0 unspecified atom stereocenters. The quantitative estimate of drug-likeness (QED) is 0.397. The van der Waals surface area contributed by atoms with E-state index in [1.807, 2.05) is 0 Å². The lowest BCUT2D eigenvalue weighted by Crippen LogP contribution is -2.30. The molecular weight excluding hydrogens is 355 g/mol. The summed E-state index contributed by atoms with van der Waals surface area (Å²) in [5.41, 5.74) is -1.11.